The number of carbonyl (C=O) groups is 3. The number of nitrogens with one attached hydrogen (secondary N) is 1. The SMILES string of the molecule is CCN(CC)C(=O)CN1CCN(c2ccc(C(=O)O)cc2NC(=O)c2ccccc2F)CC1. The molecule has 1 fully saturated rings. The molecule has 2 N–H and O–H groups in total. The molecule has 0 bridgehead atoms. The van der Waals surface area contributed by atoms with E-state index in [0.717, 1.165) is 0 Å². The van der Waals surface area contributed by atoms with Gasteiger partial charge in [0.25, 0.3) is 5.91 Å². The Morgan fingerprint density at radius 3 is 2.30 bits per heavy atom. The van der Waals surface area contributed by atoms with Gasteiger partial charge in [0, 0.05) is 39.3 Å². The van der Waals surface area contributed by atoms with E-state index in [9.17, 15) is 23.9 Å². The smallest absolute Gasteiger partial charge is 0.335 e. The van der Waals surface area contributed by atoms with E-state index in [1.807, 2.05) is 18.7 Å². The van der Waals surface area contributed by atoms with Crippen LogP contribution in [0.3, 0.4) is 0 Å². The van der Waals surface area contributed by atoms with Crippen LogP contribution in [-0.2, 0) is 4.79 Å². The second kappa shape index (κ2) is 10.9. The molecule has 9 heteroatoms. The molecular formula is C24H29FN4O4. The van der Waals surface area contributed by atoms with Gasteiger partial charge in [0.2, 0.25) is 5.91 Å². The quantitative estimate of drug-likeness (QED) is 0.635. The van der Waals surface area contributed by atoms with Crippen molar-refractivity contribution in [3.8, 4) is 0 Å². The molecule has 3 rings (SSSR count). The first-order chi connectivity index (χ1) is 15.8. The molecule has 0 radical (unpaired) electrons. The highest BCUT2D eigenvalue weighted by Gasteiger charge is 2.24. The summed E-state index contributed by atoms with van der Waals surface area (Å²) < 4.78 is 14.1. The van der Waals surface area contributed by atoms with Gasteiger partial charge in [-0.25, -0.2) is 9.18 Å². The minimum atomic E-state index is -1.12. The van der Waals surface area contributed by atoms with Crippen LogP contribution in [0.5, 0.6) is 0 Å². The number of nitrogens with zero attached hydrogens (tertiary/aromatic N) is 3. The van der Waals surface area contributed by atoms with Crippen molar-refractivity contribution in [2.45, 2.75) is 13.8 Å². The van der Waals surface area contributed by atoms with E-state index in [1.165, 1.54) is 30.3 Å². The highest BCUT2D eigenvalue weighted by atomic mass is 19.1. The average molecular weight is 457 g/mol. The molecule has 1 saturated heterocycles. The summed E-state index contributed by atoms with van der Waals surface area (Å²) in [6.07, 6.45) is 0. The van der Waals surface area contributed by atoms with Crippen molar-refractivity contribution in [3.05, 3.63) is 59.4 Å². The molecule has 1 aliphatic heterocycles. The van der Waals surface area contributed by atoms with Gasteiger partial charge in [0.05, 0.1) is 29.0 Å². The fourth-order valence-electron chi connectivity index (χ4n) is 3.89. The molecule has 0 saturated carbocycles. The molecule has 0 aliphatic carbocycles. The van der Waals surface area contributed by atoms with Gasteiger partial charge in [-0.2, -0.15) is 0 Å². The van der Waals surface area contributed by atoms with Crippen molar-refractivity contribution in [1.29, 1.82) is 0 Å². The lowest BCUT2D eigenvalue weighted by molar-refractivity contribution is -0.132. The monoisotopic (exact) mass is 456 g/mol. The van der Waals surface area contributed by atoms with Crippen molar-refractivity contribution >= 4 is 29.2 Å². The normalized spacial score (nSPS) is 14.1. The van der Waals surface area contributed by atoms with Gasteiger partial charge >= 0.3 is 5.97 Å². The third-order valence-corrected chi connectivity index (χ3v) is 5.80. The molecule has 0 aromatic heterocycles. The molecule has 0 atom stereocenters. The summed E-state index contributed by atoms with van der Waals surface area (Å²) in [6.45, 7) is 8.11. The molecule has 33 heavy (non-hydrogen) atoms. The van der Waals surface area contributed by atoms with Gasteiger partial charge < -0.3 is 20.2 Å². The van der Waals surface area contributed by atoms with Crippen LogP contribution in [0, 0.1) is 5.82 Å². The average Bonchev–Trinajstić information content (AvgIpc) is 2.80. The standard InChI is InChI=1S/C24H29FN4O4/c1-3-28(4-2)22(30)16-27-11-13-29(14-12-27)21-10-9-17(24(32)33)15-20(21)26-23(31)18-7-5-6-8-19(18)25/h5-10,15H,3-4,11-14,16H2,1-2H3,(H,26,31)(H,32,33). The maximum Gasteiger partial charge on any atom is 0.335 e. The summed E-state index contributed by atoms with van der Waals surface area (Å²) in [7, 11) is 0. The van der Waals surface area contributed by atoms with E-state index in [2.05, 4.69) is 10.2 Å². The van der Waals surface area contributed by atoms with Crippen molar-refractivity contribution in [3.63, 3.8) is 0 Å². The summed E-state index contributed by atoms with van der Waals surface area (Å²) in [4.78, 5) is 42.5. The van der Waals surface area contributed by atoms with Crippen molar-refractivity contribution < 1.29 is 23.9 Å². The summed E-state index contributed by atoms with van der Waals surface area (Å²) >= 11 is 0. The predicted octanol–water partition coefficient (Wildman–Crippen LogP) is 2.77. The number of carboxylic acids is 1. The third-order valence-electron chi connectivity index (χ3n) is 5.80. The van der Waals surface area contributed by atoms with E-state index >= 15 is 0 Å². The summed E-state index contributed by atoms with van der Waals surface area (Å²) in [5, 5.41) is 12.1. The minimum absolute atomic E-state index is 0.0195. The molecule has 2 aromatic carbocycles. The molecular weight excluding hydrogens is 427 g/mol. The maximum absolute atomic E-state index is 14.1. The number of anilines is 2. The topological polar surface area (TPSA) is 93.2 Å². The van der Waals surface area contributed by atoms with Gasteiger partial charge in [0.1, 0.15) is 5.82 Å². The Labute approximate surface area is 192 Å². The highest BCUT2D eigenvalue weighted by Crippen LogP contribution is 2.29. The molecule has 2 aromatic rings. The van der Waals surface area contributed by atoms with E-state index in [4.69, 9.17) is 0 Å². The van der Waals surface area contributed by atoms with Gasteiger partial charge in [-0.1, -0.05) is 12.1 Å². The van der Waals surface area contributed by atoms with Crippen LogP contribution in [0.4, 0.5) is 15.8 Å². The molecule has 2 amide bonds. The van der Waals surface area contributed by atoms with Gasteiger partial charge in [-0.15, -0.1) is 0 Å². The van der Waals surface area contributed by atoms with E-state index in [-0.39, 0.29) is 17.0 Å². The Morgan fingerprint density at radius 1 is 1.03 bits per heavy atom. The number of carboxylic acid groups (broad SMARTS) is 1. The molecule has 8 nitrogen and oxygen atoms in total. The van der Waals surface area contributed by atoms with Crippen LogP contribution in [0.2, 0.25) is 0 Å². The predicted molar refractivity (Wildman–Crippen MR) is 124 cm³/mol. The lowest BCUT2D eigenvalue weighted by Crippen LogP contribution is -2.50. The second-order valence-corrected chi connectivity index (χ2v) is 7.80. The van der Waals surface area contributed by atoms with Gasteiger partial charge in [0.15, 0.2) is 0 Å². The Bertz CT molecular complexity index is 1020. The Balaban J connectivity index is 1.75. The van der Waals surface area contributed by atoms with Gasteiger partial charge in [-0.05, 0) is 44.2 Å². The van der Waals surface area contributed by atoms with E-state index in [0.29, 0.717) is 57.2 Å². The van der Waals surface area contributed by atoms with Crippen molar-refractivity contribution in [2.75, 3.05) is 56.0 Å². The lowest BCUT2D eigenvalue weighted by Gasteiger charge is -2.37. The first kappa shape index (κ1) is 24.2. The molecule has 0 unspecified atom stereocenters. The first-order valence-corrected chi connectivity index (χ1v) is 11.0. The van der Waals surface area contributed by atoms with Crippen LogP contribution in [-0.4, -0.2) is 78.5 Å². The number of aromatic carboxylic acids is 1. The summed E-state index contributed by atoms with van der Waals surface area (Å²) in [6, 6.07) is 10.1. The number of rotatable bonds is 8. The Kier molecular flexibility index (Phi) is 8.00. The van der Waals surface area contributed by atoms with Crippen LogP contribution < -0.4 is 10.2 Å². The molecule has 1 aliphatic rings. The van der Waals surface area contributed by atoms with Crippen LogP contribution in [0.25, 0.3) is 0 Å². The zero-order valence-corrected chi connectivity index (χ0v) is 18.9. The molecule has 1 heterocycles. The minimum Gasteiger partial charge on any atom is -0.478 e. The fraction of sp³-hybridized carbons (Fsp3) is 0.375. The fourth-order valence-corrected chi connectivity index (χ4v) is 3.89. The largest absolute Gasteiger partial charge is 0.478 e. The van der Waals surface area contributed by atoms with Crippen molar-refractivity contribution in [1.82, 2.24) is 9.80 Å². The Morgan fingerprint density at radius 2 is 1.70 bits per heavy atom. The van der Waals surface area contributed by atoms with Gasteiger partial charge in [-0.3, -0.25) is 14.5 Å². The molecule has 176 valence electrons. The van der Waals surface area contributed by atoms with Crippen molar-refractivity contribution in [2.24, 2.45) is 0 Å². The number of benzene rings is 2. The zero-order valence-electron chi connectivity index (χ0n) is 18.9. The summed E-state index contributed by atoms with van der Waals surface area (Å²) in [5.41, 5.74) is 0.852. The number of halogens is 1. The number of piperazine rings is 1. The number of hydrogen-bond donors (Lipinski definition) is 2. The number of likely N-dealkylation sites (N-methyl/N-ethyl adjacent to an activating group) is 1. The third kappa shape index (κ3) is 5.87. The zero-order chi connectivity index (χ0) is 24.0. The van der Waals surface area contributed by atoms with Crippen LogP contribution in [0.15, 0.2) is 42.5 Å². The Hall–Kier alpha value is -3.46. The van der Waals surface area contributed by atoms with E-state index in [1.54, 1.807) is 17.0 Å². The maximum atomic E-state index is 14.1. The van der Waals surface area contributed by atoms with Crippen LogP contribution in [0.1, 0.15) is 34.6 Å². The van der Waals surface area contributed by atoms with Crippen LogP contribution >= 0.6 is 0 Å². The van der Waals surface area contributed by atoms with E-state index < -0.39 is 17.7 Å². The lowest BCUT2D eigenvalue weighted by atomic mass is 10.1. The number of carbonyl (C=O) groups excluding carboxylic acids is 2. The number of amides is 2. The highest BCUT2D eigenvalue weighted by molar-refractivity contribution is 6.07. The number of hydrogen-bond acceptors (Lipinski definition) is 5. The first-order valence-electron chi connectivity index (χ1n) is 11.0. The molecule has 0 spiro atoms. The second-order valence-electron chi connectivity index (χ2n) is 7.80. The summed E-state index contributed by atoms with van der Waals surface area (Å²) in [5.74, 6) is -2.34.